The van der Waals surface area contributed by atoms with Gasteiger partial charge in [-0.15, -0.1) is 6.58 Å². The molecule has 4 N–H and O–H groups in total. The summed E-state index contributed by atoms with van der Waals surface area (Å²) in [4.78, 5) is 4.39. The van der Waals surface area contributed by atoms with Gasteiger partial charge in [0.25, 0.3) is 0 Å². The van der Waals surface area contributed by atoms with Crippen LogP contribution in [0, 0.1) is 5.41 Å². The van der Waals surface area contributed by atoms with Gasteiger partial charge in [-0.2, -0.15) is 0 Å². The van der Waals surface area contributed by atoms with Crippen LogP contribution in [0.2, 0.25) is 0 Å². The molecule has 1 fully saturated rings. The molecule has 3 rings (SSSR count). The molecule has 1 heterocycles. The van der Waals surface area contributed by atoms with Gasteiger partial charge in [0.1, 0.15) is 0 Å². The van der Waals surface area contributed by atoms with Crippen LogP contribution in [0.4, 0.5) is 5.69 Å². The highest BCUT2D eigenvalue weighted by atomic mass is 16.3. The highest BCUT2D eigenvalue weighted by molar-refractivity contribution is 6.15. The summed E-state index contributed by atoms with van der Waals surface area (Å²) in [5, 5.41) is 18.4. The highest BCUT2D eigenvalue weighted by Crippen LogP contribution is 2.51. The number of hydrogen-bond acceptors (Lipinski definition) is 4. The van der Waals surface area contributed by atoms with Crippen molar-refractivity contribution in [1.82, 2.24) is 4.98 Å². The van der Waals surface area contributed by atoms with Crippen LogP contribution in [0.15, 0.2) is 24.9 Å². The predicted octanol–water partition coefficient (Wildman–Crippen LogP) is 1.77. The quantitative estimate of drug-likeness (QED) is 0.657. The number of nitrogens with zero attached hydrogens (tertiary/aromatic N) is 1. The number of nitrogen functional groups attached to an aromatic ring is 1. The van der Waals surface area contributed by atoms with Gasteiger partial charge in [0.15, 0.2) is 0 Å². The van der Waals surface area contributed by atoms with Crippen molar-refractivity contribution in [3.05, 3.63) is 36.2 Å². The Morgan fingerprint density at radius 1 is 1.39 bits per heavy atom. The summed E-state index contributed by atoms with van der Waals surface area (Å²) in [5.74, 6) is 0. The fraction of sp³-hybridized carbons (Fsp3) is 0.429. The Morgan fingerprint density at radius 3 is 2.67 bits per heavy atom. The molecule has 1 spiro atoms. The van der Waals surface area contributed by atoms with E-state index in [-0.39, 0.29) is 5.41 Å². The lowest BCUT2D eigenvalue weighted by atomic mass is 9.56. The van der Waals surface area contributed by atoms with Crippen LogP contribution in [-0.4, -0.2) is 21.4 Å². The normalized spacial score (nSPS) is 33.9. The van der Waals surface area contributed by atoms with E-state index in [4.69, 9.17) is 11.1 Å². The third-order valence-electron chi connectivity index (χ3n) is 4.46. The van der Waals surface area contributed by atoms with Gasteiger partial charge in [-0.3, -0.25) is 4.98 Å². The maximum Gasteiger partial charge on any atom is 0.0826 e. The van der Waals surface area contributed by atoms with Crippen molar-refractivity contribution in [3.8, 4) is 0 Å². The van der Waals surface area contributed by atoms with Gasteiger partial charge in [0, 0.05) is 5.56 Å². The number of aliphatic hydroxyl groups is 1. The average molecular weight is 243 g/mol. The van der Waals surface area contributed by atoms with Crippen molar-refractivity contribution in [2.24, 2.45) is 0 Å². The maximum atomic E-state index is 10.2. The number of rotatable bonds is 1. The predicted molar refractivity (Wildman–Crippen MR) is 70.8 cm³/mol. The molecule has 0 saturated heterocycles. The molecular weight excluding hydrogens is 226 g/mol. The van der Waals surface area contributed by atoms with E-state index in [9.17, 15) is 5.11 Å². The van der Waals surface area contributed by atoms with Crippen LogP contribution in [0.25, 0.3) is 0 Å². The first-order valence-electron chi connectivity index (χ1n) is 6.22. The van der Waals surface area contributed by atoms with Gasteiger partial charge in [0.05, 0.1) is 34.3 Å². The molecule has 1 aromatic rings. The smallest absolute Gasteiger partial charge is 0.0826 e. The van der Waals surface area contributed by atoms with Gasteiger partial charge in [-0.25, -0.2) is 0 Å². The van der Waals surface area contributed by atoms with Crippen LogP contribution >= 0.6 is 0 Å². The average Bonchev–Trinajstić information content (AvgIpc) is 2.39. The molecule has 0 aliphatic heterocycles. The van der Waals surface area contributed by atoms with E-state index in [0.29, 0.717) is 24.2 Å². The largest absolute Gasteiger partial charge is 0.397 e. The second-order valence-corrected chi connectivity index (χ2v) is 5.43. The van der Waals surface area contributed by atoms with Crippen LogP contribution in [0.1, 0.15) is 36.9 Å². The molecule has 0 bridgehead atoms. The van der Waals surface area contributed by atoms with Crippen molar-refractivity contribution >= 4 is 11.4 Å². The molecule has 2 aliphatic rings. The molecule has 2 aliphatic carbocycles. The summed E-state index contributed by atoms with van der Waals surface area (Å²) in [7, 11) is 0. The fourth-order valence-corrected chi connectivity index (χ4v) is 3.17. The second kappa shape index (κ2) is 3.42. The summed E-state index contributed by atoms with van der Waals surface area (Å²) >= 11 is 0. The molecular formula is C14H17N3O. The number of fused-ring (bicyclic) bond motifs is 2. The van der Waals surface area contributed by atoms with E-state index in [2.05, 4.69) is 11.6 Å². The Bertz CT molecular complexity index is 542. The summed E-state index contributed by atoms with van der Waals surface area (Å²) in [6.45, 7) is 3.69. The standard InChI is InChI=1S/C14H17N3O/c1-2-13(18)3-5-14(6-4-13)11(16)10-7-9(15)8-17-12(10)14/h2,7-8,16,18H,1,3-6,15H2. The second-order valence-electron chi connectivity index (χ2n) is 5.43. The monoisotopic (exact) mass is 243 g/mol. The number of nitrogens with one attached hydrogen (secondary N) is 1. The van der Waals surface area contributed by atoms with Gasteiger partial charge in [0.2, 0.25) is 0 Å². The van der Waals surface area contributed by atoms with Crippen LogP contribution in [0.5, 0.6) is 0 Å². The zero-order valence-corrected chi connectivity index (χ0v) is 10.2. The number of hydrogen-bond donors (Lipinski definition) is 3. The number of nitrogens with two attached hydrogens (primary N) is 1. The van der Waals surface area contributed by atoms with Crippen molar-refractivity contribution in [3.63, 3.8) is 0 Å². The number of aromatic nitrogens is 1. The molecule has 0 radical (unpaired) electrons. The lowest BCUT2D eigenvalue weighted by molar-refractivity contribution is 0.0356. The Morgan fingerprint density at radius 2 is 2.06 bits per heavy atom. The highest BCUT2D eigenvalue weighted by Gasteiger charge is 2.53. The number of pyridine rings is 1. The van der Waals surface area contributed by atoms with E-state index in [1.807, 2.05) is 6.07 Å². The molecule has 4 nitrogen and oxygen atoms in total. The molecule has 1 aromatic heterocycles. The summed E-state index contributed by atoms with van der Waals surface area (Å²) in [6, 6.07) is 1.82. The molecule has 0 aromatic carbocycles. The van der Waals surface area contributed by atoms with Crippen LogP contribution in [0.3, 0.4) is 0 Å². The van der Waals surface area contributed by atoms with Crippen molar-refractivity contribution in [2.45, 2.75) is 36.7 Å². The lowest BCUT2D eigenvalue weighted by Crippen LogP contribution is -2.52. The Hall–Kier alpha value is -1.68. The topological polar surface area (TPSA) is 83.0 Å². The fourth-order valence-electron chi connectivity index (χ4n) is 3.17. The first-order chi connectivity index (χ1) is 8.51. The molecule has 0 unspecified atom stereocenters. The Balaban J connectivity index is 1.94. The molecule has 18 heavy (non-hydrogen) atoms. The lowest BCUT2D eigenvalue weighted by Gasteiger charge is -2.49. The van der Waals surface area contributed by atoms with E-state index >= 15 is 0 Å². The maximum absolute atomic E-state index is 10.2. The van der Waals surface area contributed by atoms with Crippen LogP contribution < -0.4 is 5.73 Å². The van der Waals surface area contributed by atoms with Crippen LogP contribution in [-0.2, 0) is 5.41 Å². The van der Waals surface area contributed by atoms with Gasteiger partial charge < -0.3 is 16.2 Å². The minimum Gasteiger partial charge on any atom is -0.397 e. The van der Waals surface area contributed by atoms with E-state index in [0.717, 1.165) is 24.1 Å². The Kier molecular flexibility index (Phi) is 2.17. The minimum absolute atomic E-state index is 0.252. The number of anilines is 1. The first kappa shape index (κ1) is 11.4. The molecule has 0 amide bonds. The van der Waals surface area contributed by atoms with Crippen molar-refractivity contribution in [2.75, 3.05) is 5.73 Å². The van der Waals surface area contributed by atoms with Gasteiger partial charge in [-0.05, 0) is 31.7 Å². The Labute approximate surface area is 106 Å². The van der Waals surface area contributed by atoms with E-state index < -0.39 is 5.60 Å². The third kappa shape index (κ3) is 1.29. The van der Waals surface area contributed by atoms with Crippen molar-refractivity contribution in [1.29, 1.82) is 5.41 Å². The van der Waals surface area contributed by atoms with Gasteiger partial charge >= 0.3 is 0 Å². The van der Waals surface area contributed by atoms with Crippen molar-refractivity contribution < 1.29 is 5.11 Å². The molecule has 94 valence electrons. The SMILES string of the molecule is C=CC1(O)CCC2(CC1)C(=N)c1cc(N)cnc12. The third-order valence-corrected chi connectivity index (χ3v) is 4.46. The summed E-state index contributed by atoms with van der Waals surface area (Å²) < 4.78 is 0. The summed E-state index contributed by atoms with van der Waals surface area (Å²) in [6.07, 6.45) is 6.09. The van der Waals surface area contributed by atoms with Gasteiger partial charge in [-0.1, -0.05) is 6.08 Å². The van der Waals surface area contributed by atoms with E-state index in [1.54, 1.807) is 12.3 Å². The molecule has 4 heteroatoms. The minimum atomic E-state index is -0.769. The first-order valence-corrected chi connectivity index (χ1v) is 6.22. The van der Waals surface area contributed by atoms with E-state index in [1.165, 1.54) is 0 Å². The summed E-state index contributed by atoms with van der Waals surface area (Å²) in [5.41, 5.74) is 7.76. The zero-order chi connectivity index (χ0) is 13.0. The zero-order valence-electron chi connectivity index (χ0n) is 10.2. The molecule has 1 saturated carbocycles. The molecule has 0 atom stereocenters.